The Kier molecular flexibility index (Phi) is 7.06. The number of fused-ring (bicyclic) bond motifs is 3. The fourth-order valence-electron chi connectivity index (χ4n) is 3.29. The average molecular weight is 518 g/mol. The molecule has 1 aromatic carbocycles. The second-order valence-electron chi connectivity index (χ2n) is 6.77. The first-order valence-corrected chi connectivity index (χ1v) is 8.65. The van der Waals surface area contributed by atoms with Crippen molar-refractivity contribution in [3.8, 4) is 0 Å². The minimum Gasteiger partial charge on any atom is -0.313 e. The molecule has 0 unspecified atom stereocenters. The largest absolute Gasteiger partial charge is 0.313 e. The van der Waals surface area contributed by atoms with Gasteiger partial charge in [0.15, 0.2) is 0 Å². The predicted molar refractivity (Wildman–Crippen MR) is 101 cm³/mol. The van der Waals surface area contributed by atoms with E-state index in [2.05, 4.69) is 53.2 Å². The Labute approximate surface area is 164 Å². The number of nitrogens with two attached hydrogens (primary N) is 1. The number of nitrogens with zero attached hydrogens (tertiary/aromatic N) is 3. The minimum atomic E-state index is 0. The van der Waals surface area contributed by atoms with Gasteiger partial charge in [-0.25, -0.2) is 0 Å². The number of hydrogen-bond donors (Lipinski definition) is 1. The number of hydrogen-bond acceptors (Lipinski definition) is 4. The number of pyridine rings is 2. The van der Waals surface area contributed by atoms with E-state index in [0.29, 0.717) is 0 Å². The van der Waals surface area contributed by atoms with E-state index in [1.165, 1.54) is 32.1 Å². The van der Waals surface area contributed by atoms with Gasteiger partial charge in [-0.05, 0) is 39.1 Å². The normalized spacial score (nSPS) is 16.2. The van der Waals surface area contributed by atoms with E-state index in [1.54, 1.807) is 12.4 Å². The van der Waals surface area contributed by atoms with Crippen LogP contribution in [0.5, 0.6) is 0 Å². The summed E-state index contributed by atoms with van der Waals surface area (Å²) in [5, 5.41) is 2.28. The van der Waals surface area contributed by atoms with E-state index in [9.17, 15) is 0 Å². The molecule has 0 aliphatic heterocycles. The van der Waals surface area contributed by atoms with Gasteiger partial charge >= 0.3 is 0 Å². The zero-order chi connectivity index (χ0) is 17.0. The van der Waals surface area contributed by atoms with Crippen molar-refractivity contribution < 1.29 is 21.1 Å². The molecular weight excluding hydrogens is 491 g/mol. The van der Waals surface area contributed by atoms with Crippen LogP contribution in [0.3, 0.4) is 0 Å². The molecule has 4 nitrogen and oxygen atoms in total. The third-order valence-electron chi connectivity index (χ3n) is 4.95. The van der Waals surface area contributed by atoms with Crippen molar-refractivity contribution in [2.75, 3.05) is 14.1 Å². The minimum absolute atomic E-state index is 0. The molecule has 3 aromatic rings. The van der Waals surface area contributed by atoms with Gasteiger partial charge in [0.2, 0.25) is 0 Å². The van der Waals surface area contributed by atoms with Crippen molar-refractivity contribution in [1.82, 2.24) is 14.9 Å². The van der Waals surface area contributed by atoms with E-state index >= 15 is 0 Å². The van der Waals surface area contributed by atoms with Crippen molar-refractivity contribution in [2.24, 2.45) is 5.73 Å². The maximum atomic E-state index is 6.13. The fourth-order valence-corrected chi connectivity index (χ4v) is 3.29. The number of aromatic nitrogens is 2. The first-order chi connectivity index (χ1) is 11.6. The molecule has 0 radical (unpaired) electrons. The van der Waals surface area contributed by atoms with Gasteiger partial charge < -0.3 is 5.73 Å². The number of benzene rings is 1. The molecule has 5 heteroatoms. The van der Waals surface area contributed by atoms with Crippen molar-refractivity contribution in [1.29, 1.82) is 0 Å². The Balaban J connectivity index is 0.000000184. The summed E-state index contributed by atoms with van der Waals surface area (Å²) < 4.78 is 0. The first-order valence-electron chi connectivity index (χ1n) is 8.65. The van der Waals surface area contributed by atoms with Crippen molar-refractivity contribution in [3.63, 3.8) is 0 Å². The zero-order valence-electron chi connectivity index (χ0n) is 14.9. The predicted octanol–water partition coefficient (Wildman–Crippen LogP) is 3.95. The second-order valence-corrected chi connectivity index (χ2v) is 6.77. The summed E-state index contributed by atoms with van der Waals surface area (Å²) in [6, 6.07) is 12.1. The second kappa shape index (κ2) is 8.84. The molecule has 2 aromatic heterocycles. The fraction of sp³-hybridized carbons (Fsp3) is 0.400. The van der Waals surface area contributed by atoms with E-state index in [1.807, 2.05) is 12.1 Å². The van der Waals surface area contributed by atoms with Crippen LogP contribution in [0, 0.1) is 0 Å². The van der Waals surface area contributed by atoms with Gasteiger partial charge in [0, 0.05) is 44.2 Å². The zero-order valence-corrected chi connectivity index (χ0v) is 17.2. The standard InChI is InChI=1S/C12H8N2.C8H18N2.Pt/c1-3-9-5-6-10-4-2-8-14-12(10)11(9)13-7-1;1-10(2)8(9)6-4-3-5-7-8;/h1-8H;3-7,9H2,1-2H3;. The summed E-state index contributed by atoms with van der Waals surface area (Å²) in [6.45, 7) is 0. The SMILES string of the molecule is CN(C)C1(N)CCCCC1.[Pt].c1cnc2c(c1)ccc1cccnc12. The third-order valence-corrected chi connectivity index (χ3v) is 4.95. The van der Waals surface area contributed by atoms with Gasteiger partial charge in [0.25, 0.3) is 0 Å². The van der Waals surface area contributed by atoms with E-state index in [0.717, 1.165) is 21.8 Å². The maximum Gasteiger partial charge on any atom is 0.0964 e. The van der Waals surface area contributed by atoms with Crippen molar-refractivity contribution >= 4 is 21.8 Å². The van der Waals surface area contributed by atoms with Gasteiger partial charge in [-0.3, -0.25) is 14.9 Å². The summed E-state index contributed by atoms with van der Waals surface area (Å²) >= 11 is 0. The van der Waals surface area contributed by atoms with E-state index in [-0.39, 0.29) is 26.7 Å². The average Bonchev–Trinajstić information content (AvgIpc) is 2.63. The van der Waals surface area contributed by atoms with Crippen LogP contribution in [0.1, 0.15) is 32.1 Å². The maximum absolute atomic E-state index is 6.13. The van der Waals surface area contributed by atoms with Gasteiger partial charge in [-0.1, -0.05) is 43.5 Å². The van der Waals surface area contributed by atoms with Crippen LogP contribution in [-0.2, 0) is 21.1 Å². The summed E-state index contributed by atoms with van der Waals surface area (Å²) in [7, 11) is 4.15. The molecule has 1 saturated carbocycles. The number of rotatable bonds is 1. The van der Waals surface area contributed by atoms with Crippen LogP contribution in [0.25, 0.3) is 21.8 Å². The molecule has 136 valence electrons. The summed E-state index contributed by atoms with van der Waals surface area (Å²) in [6.07, 6.45) is 9.91. The van der Waals surface area contributed by atoms with Crippen LogP contribution in [0.15, 0.2) is 48.8 Å². The molecule has 25 heavy (non-hydrogen) atoms. The third kappa shape index (κ3) is 4.63. The smallest absolute Gasteiger partial charge is 0.0964 e. The van der Waals surface area contributed by atoms with Crippen LogP contribution >= 0.6 is 0 Å². The van der Waals surface area contributed by atoms with Crippen molar-refractivity contribution in [2.45, 2.75) is 37.8 Å². The van der Waals surface area contributed by atoms with Crippen LogP contribution < -0.4 is 5.73 Å². The van der Waals surface area contributed by atoms with Crippen LogP contribution in [-0.4, -0.2) is 34.6 Å². The summed E-state index contributed by atoms with van der Waals surface area (Å²) in [5.74, 6) is 0. The monoisotopic (exact) mass is 517 g/mol. The first kappa shape index (κ1) is 20.0. The Morgan fingerprint density at radius 2 is 1.32 bits per heavy atom. The van der Waals surface area contributed by atoms with Crippen LogP contribution in [0.4, 0.5) is 0 Å². The molecule has 0 atom stereocenters. The Morgan fingerprint density at radius 3 is 1.72 bits per heavy atom. The summed E-state index contributed by atoms with van der Waals surface area (Å²) in [5.41, 5.74) is 8.09. The molecule has 2 N–H and O–H groups in total. The Bertz CT molecular complexity index is 758. The molecule has 2 heterocycles. The topological polar surface area (TPSA) is 55.0 Å². The van der Waals surface area contributed by atoms with E-state index < -0.39 is 0 Å². The van der Waals surface area contributed by atoms with Crippen LogP contribution in [0.2, 0.25) is 0 Å². The van der Waals surface area contributed by atoms with Gasteiger partial charge in [-0.15, -0.1) is 0 Å². The van der Waals surface area contributed by atoms with Gasteiger partial charge in [0.1, 0.15) is 0 Å². The molecule has 4 rings (SSSR count). The molecule has 0 bridgehead atoms. The molecule has 1 fully saturated rings. The van der Waals surface area contributed by atoms with Gasteiger partial charge in [0.05, 0.1) is 16.7 Å². The molecule has 0 amide bonds. The molecule has 0 spiro atoms. The Morgan fingerprint density at radius 1 is 0.840 bits per heavy atom. The van der Waals surface area contributed by atoms with Crippen molar-refractivity contribution in [3.05, 3.63) is 48.8 Å². The molecule has 1 aliphatic carbocycles. The molecule has 1 aliphatic rings. The summed E-state index contributed by atoms with van der Waals surface area (Å²) in [4.78, 5) is 10.9. The molecular formula is C20H26N4Pt. The van der Waals surface area contributed by atoms with Gasteiger partial charge in [-0.2, -0.15) is 0 Å². The Hall–Kier alpha value is -1.35. The quantitative estimate of drug-likeness (QED) is 0.393. The molecule has 0 saturated heterocycles. The van der Waals surface area contributed by atoms with E-state index in [4.69, 9.17) is 5.73 Å².